The smallest absolute Gasteiger partial charge is 0.277 e. The number of carbonyl (C=O) groups excluding carboxylic acids is 1. The normalized spacial score (nSPS) is 10.5. The van der Waals surface area contributed by atoms with Gasteiger partial charge < -0.3 is 10.2 Å². The van der Waals surface area contributed by atoms with Crippen molar-refractivity contribution in [1.82, 2.24) is 9.97 Å². The van der Waals surface area contributed by atoms with E-state index < -0.39 is 0 Å². The fourth-order valence-corrected chi connectivity index (χ4v) is 2.85. The van der Waals surface area contributed by atoms with Crippen LogP contribution >= 0.6 is 11.8 Å². The molecule has 0 atom stereocenters. The lowest BCUT2D eigenvalue weighted by atomic mass is 10.3. The predicted octanol–water partition coefficient (Wildman–Crippen LogP) is 2.86. The molecule has 0 aromatic carbocycles. The summed E-state index contributed by atoms with van der Waals surface area (Å²) < 4.78 is 0. The van der Waals surface area contributed by atoms with E-state index >= 15 is 0 Å². The van der Waals surface area contributed by atoms with Gasteiger partial charge in [-0.05, 0) is 19.3 Å². The van der Waals surface area contributed by atoms with E-state index in [0.717, 1.165) is 38.1 Å². The number of carbonyl (C=O) groups is 1. The number of aromatic nitrogens is 2. The lowest BCUT2D eigenvalue weighted by molar-refractivity contribution is -0.114. The first-order valence-electron chi connectivity index (χ1n) is 7.83. The van der Waals surface area contributed by atoms with Crippen LogP contribution in [0, 0.1) is 0 Å². The first-order chi connectivity index (χ1) is 10.5. The number of H-pyrrole nitrogens is 1. The number of nitrogens with one attached hydrogen (secondary N) is 2. The van der Waals surface area contributed by atoms with Crippen LogP contribution in [-0.2, 0) is 4.79 Å². The second kappa shape index (κ2) is 9.50. The average Bonchev–Trinajstić information content (AvgIpc) is 2.44. The maximum atomic E-state index is 12.5. The molecule has 7 heteroatoms. The Bertz CT molecular complexity index is 539. The Morgan fingerprint density at radius 1 is 1.23 bits per heavy atom. The summed E-state index contributed by atoms with van der Waals surface area (Å²) >= 11 is 1.49. The van der Waals surface area contributed by atoms with Crippen LogP contribution < -0.4 is 15.8 Å². The zero-order chi connectivity index (χ0) is 16.5. The summed E-state index contributed by atoms with van der Waals surface area (Å²) in [5.74, 6) is 1.01. The molecular weight excluding hydrogens is 300 g/mol. The Kier molecular flexibility index (Phi) is 8.01. The van der Waals surface area contributed by atoms with E-state index in [0.29, 0.717) is 16.7 Å². The van der Waals surface area contributed by atoms with Crippen LogP contribution in [0.15, 0.2) is 9.95 Å². The fraction of sp³-hybridized carbons (Fsp3) is 0.667. The van der Waals surface area contributed by atoms with Gasteiger partial charge >= 0.3 is 0 Å². The third-order valence-electron chi connectivity index (χ3n) is 2.91. The molecule has 1 aromatic heterocycles. The van der Waals surface area contributed by atoms with E-state index in [1.54, 1.807) is 0 Å². The Hall–Kier alpha value is -1.50. The molecule has 0 unspecified atom stereocenters. The standard InChI is InChI=1S/C15H26N4O2S/c1-5-8-19(9-6-2)12-13(16-11(4)20)17-15(18-14(12)21)22-10-7-3/h5-10H2,1-4H3,(H2,16,17,18,20,21). The van der Waals surface area contributed by atoms with Gasteiger partial charge in [0.15, 0.2) is 11.0 Å². The minimum absolute atomic E-state index is 0.195. The molecule has 0 radical (unpaired) electrons. The van der Waals surface area contributed by atoms with Crippen LogP contribution in [0.4, 0.5) is 11.5 Å². The van der Waals surface area contributed by atoms with Crippen molar-refractivity contribution >= 4 is 29.2 Å². The largest absolute Gasteiger partial charge is 0.364 e. The zero-order valence-electron chi connectivity index (χ0n) is 13.9. The molecule has 2 N–H and O–H groups in total. The highest BCUT2D eigenvalue weighted by atomic mass is 32.2. The maximum Gasteiger partial charge on any atom is 0.277 e. The molecule has 1 amide bonds. The molecule has 0 saturated heterocycles. The molecule has 124 valence electrons. The van der Waals surface area contributed by atoms with Gasteiger partial charge in [-0.15, -0.1) is 0 Å². The number of aromatic amines is 1. The van der Waals surface area contributed by atoms with Crippen LogP contribution in [0.5, 0.6) is 0 Å². The Morgan fingerprint density at radius 3 is 2.36 bits per heavy atom. The summed E-state index contributed by atoms with van der Waals surface area (Å²) in [6.45, 7) is 9.13. The van der Waals surface area contributed by atoms with Crippen molar-refractivity contribution in [1.29, 1.82) is 0 Å². The molecule has 0 aliphatic rings. The number of thioether (sulfide) groups is 1. The quantitative estimate of drug-likeness (QED) is 0.539. The average molecular weight is 326 g/mol. The number of anilines is 2. The first kappa shape index (κ1) is 18.5. The Morgan fingerprint density at radius 2 is 1.86 bits per heavy atom. The molecular formula is C15H26N4O2S. The third kappa shape index (κ3) is 5.36. The summed E-state index contributed by atoms with van der Waals surface area (Å²) in [5, 5.41) is 3.25. The van der Waals surface area contributed by atoms with Crippen molar-refractivity contribution in [2.24, 2.45) is 0 Å². The molecule has 0 aliphatic heterocycles. The molecule has 1 rings (SSSR count). The molecule has 0 fully saturated rings. The van der Waals surface area contributed by atoms with Gasteiger partial charge in [0.25, 0.3) is 5.56 Å². The maximum absolute atomic E-state index is 12.5. The van der Waals surface area contributed by atoms with Crippen molar-refractivity contribution in [2.75, 3.05) is 29.1 Å². The number of hydrogen-bond acceptors (Lipinski definition) is 5. The van der Waals surface area contributed by atoms with Crippen LogP contribution in [0.3, 0.4) is 0 Å². The van der Waals surface area contributed by atoms with Gasteiger partial charge in [-0.2, -0.15) is 0 Å². The third-order valence-corrected chi connectivity index (χ3v) is 3.99. The van der Waals surface area contributed by atoms with E-state index in [2.05, 4.69) is 36.1 Å². The number of hydrogen-bond donors (Lipinski definition) is 2. The summed E-state index contributed by atoms with van der Waals surface area (Å²) in [5.41, 5.74) is 0.263. The summed E-state index contributed by atoms with van der Waals surface area (Å²) in [4.78, 5) is 33.2. The molecule has 0 saturated carbocycles. The van der Waals surface area contributed by atoms with E-state index in [1.807, 2.05) is 4.90 Å². The fourth-order valence-electron chi connectivity index (χ4n) is 2.14. The van der Waals surface area contributed by atoms with E-state index in [9.17, 15) is 9.59 Å². The minimum Gasteiger partial charge on any atom is -0.364 e. The molecule has 0 spiro atoms. The van der Waals surface area contributed by atoms with Gasteiger partial charge in [0, 0.05) is 25.8 Å². The van der Waals surface area contributed by atoms with Crippen molar-refractivity contribution < 1.29 is 4.79 Å². The first-order valence-corrected chi connectivity index (χ1v) is 8.81. The highest BCUT2D eigenvalue weighted by Gasteiger charge is 2.18. The second-order valence-corrected chi connectivity index (χ2v) is 6.17. The van der Waals surface area contributed by atoms with Crippen LogP contribution in [0.2, 0.25) is 0 Å². The van der Waals surface area contributed by atoms with E-state index in [-0.39, 0.29) is 11.5 Å². The summed E-state index contributed by atoms with van der Waals surface area (Å²) in [6.07, 6.45) is 2.83. The van der Waals surface area contributed by atoms with E-state index in [4.69, 9.17) is 0 Å². The topological polar surface area (TPSA) is 78.1 Å². The highest BCUT2D eigenvalue weighted by molar-refractivity contribution is 7.99. The molecule has 6 nitrogen and oxygen atoms in total. The van der Waals surface area contributed by atoms with Crippen LogP contribution in [0.25, 0.3) is 0 Å². The molecule has 1 aromatic rings. The Balaban J connectivity index is 3.26. The van der Waals surface area contributed by atoms with Crippen molar-refractivity contribution in [3.05, 3.63) is 10.4 Å². The lowest BCUT2D eigenvalue weighted by Gasteiger charge is -2.24. The molecule has 1 heterocycles. The number of amides is 1. The van der Waals surface area contributed by atoms with Gasteiger partial charge in [0.05, 0.1) is 0 Å². The van der Waals surface area contributed by atoms with Gasteiger partial charge in [-0.3, -0.25) is 14.6 Å². The highest BCUT2D eigenvalue weighted by Crippen LogP contribution is 2.23. The van der Waals surface area contributed by atoms with E-state index in [1.165, 1.54) is 18.7 Å². The van der Waals surface area contributed by atoms with Crippen molar-refractivity contribution in [3.63, 3.8) is 0 Å². The molecule has 22 heavy (non-hydrogen) atoms. The van der Waals surface area contributed by atoms with Gasteiger partial charge in [0.1, 0.15) is 5.69 Å². The zero-order valence-corrected chi connectivity index (χ0v) is 14.7. The SMILES string of the molecule is CCCSc1nc(NC(C)=O)c(N(CCC)CCC)c(=O)[nH]1. The Labute approximate surface area is 136 Å². The molecule has 0 aliphatic carbocycles. The van der Waals surface area contributed by atoms with Gasteiger partial charge in [-0.1, -0.05) is 32.5 Å². The van der Waals surface area contributed by atoms with Crippen molar-refractivity contribution in [2.45, 2.75) is 52.1 Å². The summed E-state index contributed by atoms with van der Waals surface area (Å²) in [7, 11) is 0. The van der Waals surface area contributed by atoms with Gasteiger partial charge in [-0.25, -0.2) is 4.98 Å². The van der Waals surface area contributed by atoms with Crippen LogP contribution in [0.1, 0.15) is 47.0 Å². The second-order valence-electron chi connectivity index (χ2n) is 5.08. The lowest BCUT2D eigenvalue weighted by Crippen LogP contribution is -2.33. The number of nitrogens with zero attached hydrogens (tertiary/aromatic N) is 2. The van der Waals surface area contributed by atoms with Gasteiger partial charge in [0.2, 0.25) is 5.91 Å². The van der Waals surface area contributed by atoms with Crippen molar-refractivity contribution in [3.8, 4) is 0 Å². The number of rotatable bonds is 9. The van der Waals surface area contributed by atoms with Crippen LogP contribution in [-0.4, -0.2) is 34.7 Å². The molecule has 0 bridgehead atoms. The predicted molar refractivity (Wildman–Crippen MR) is 93.0 cm³/mol. The monoisotopic (exact) mass is 326 g/mol. The summed E-state index contributed by atoms with van der Waals surface area (Å²) in [6, 6.07) is 0. The minimum atomic E-state index is -0.223.